The van der Waals surface area contributed by atoms with E-state index in [1.165, 1.54) is 0 Å². The fourth-order valence-corrected chi connectivity index (χ4v) is 2.56. The van der Waals surface area contributed by atoms with Gasteiger partial charge in [-0.3, -0.25) is 9.59 Å². The van der Waals surface area contributed by atoms with Crippen molar-refractivity contribution in [1.82, 2.24) is 10.2 Å². The van der Waals surface area contributed by atoms with Gasteiger partial charge in [0.2, 0.25) is 5.91 Å². The van der Waals surface area contributed by atoms with Crippen LogP contribution in [0.4, 0.5) is 0 Å². The zero-order valence-corrected chi connectivity index (χ0v) is 14.8. The SMILES string of the molecule is CC(C)Oc1ccc(Cl)cc1C(=O)NCCC(=O)N1CCOCC1. The topological polar surface area (TPSA) is 67.9 Å². The van der Waals surface area contributed by atoms with Gasteiger partial charge in [-0.2, -0.15) is 0 Å². The van der Waals surface area contributed by atoms with Crippen molar-refractivity contribution in [2.75, 3.05) is 32.8 Å². The second-order valence-corrected chi connectivity index (χ2v) is 6.24. The molecule has 0 atom stereocenters. The van der Waals surface area contributed by atoms with E-state index < -0.39 is 0 Å². The first-order valence-corrected chi connectivity index (χ1v) is 8.45. The minimum Gasteiger partial charge on any atom is -0.490 e. The summed E-state index contributed by atoms with van der Waals surface area (Å²) < 4.78 is 10.9. The number of hydrogen-bond donors (Lipinski definition) is 1. The Labute approximate surface area is 147 Å². The van der Waals surface area contributed by atoms with E-state index in [0.717, 1.165) is 0 Å². The average Bonchev–Trinajstić information content (AvgIpc) is 2.56. The molecule has 2 rings (SSSR count). The van der Waals surface area contributed by atoms with Gasteiger partial charge in [-0.1, -0.05) is 11.6 Å². The van der Waals surface area contributed by atoms with E-state index in [-0.39, 0.29) is 30.9 Å². The molecule has 7 heteroatoms. The Hall–Kier alpha value is -1.79. The number of nitrogens with zero attached hydrogens (tertiary/aromatic N) is 1. The van der Waals surface area contributed by atoms with Crippen LogP contribution < -0.4 is 10.1 Å². The number of morpholine rings is 1. The van der Waals surface area contributed by atoms with Gasteiger partial charge in [-0.15, -0.1) is 0 Å². The lowest BCUT2D eigenvalue weighted by molar-refractivity contribution is -0.135. The fraction of sp³-hybridized carbons (Fsp3) is 0.529. The first-order chi connectivity index (χ1) is 11.5. The lowest BCUT2D eigenvalue weighted by atomic mass is 10.2. The van der Waals surface area contributed by atoms with Crippen LogP contribution in [0.3, 0.4) is 0 Å². The maximum Gasteiger partial charge on any atom is 0.255 e. The summed E-state index contributed by atoms with van der Waals surface area (Å²) in [5.41, 5.74) is 0.370. The minimum absolute atomic E-state index is 0.0170. The Balaban J connectivity index is 1.90. The fourth-order valence-electron chi connectivity index (χ4n) is 2.39. The highest BCUT2D eigenvalue weighted by molar-refractivity contribution is 6.31. The molecule has 0 unspecified atom stereocenters. The summed E-state index contributed by atoms with van der Waals surface area (Å²) in [7, 11) is 0. The number of amides is 2. The maximum absolute atomic E-state index is 12.4. The van der Waals surface area contributed by atoms with Crippen molar-refractivity contribution in [2.24, 2.45) is 0 Å². The second-order valence-electron chi connectivity index (χ2n) is 5.81. The van der Waals surface area contributed by atoms with Crippen molar-refractivity contribution in [2.45, 2.75) is 26.4 Å². The summed E-state index contributed by atoms with van der Waals surface area (Å²) in [5.74, 6) is 0.192. The summed E-state index contributed by atoms with van der Waals surface area (Å²) >= 11 is 5.98. The predicted molar refractivity (Wildman–Crippen MR) is 91.6 cm³/mol. The first-order valence-electron chi connectivity index (χ1n) is 8.07. The number of carbonyl (C=O) groups is 2. The van der Waals surface area contributed by atoms with Crippen LogP contribution in [0.15, 0.2) is 18.2 Å². The zero-order valence-electron chi connectivity index (χ0n) is 14.0. The number of carbonyl (C=O) groups excluding carboxylic acids is 2. The molecule has 132 valence electrons. The summed E-state index contributed by atoms with van der Waals surface area (Å²) in [4.78, 5) is 26.2. The summed E-state index contributed by atoms with van der Waals surface area (Å²) in [5, 5.41) is 3.21. The van der Waals surface area contributed by atoms with Crippen LogP contribution in [0.25, 0.3) is 0 Å². The van der Waals surface area contributed by atoms with Crippen LogP contribution in [-0.4, -0.2) is 55.7 Å². The quantitative estimate of drug-likeness (QED) is 0.849. The van der Waals surface area contributed by atoms with E-state index in [2.05, 4.69) is 5.32 Å². The van der Waals surface area contributed by atoms with Crippen LogP contribution in [0, 0.1) is 0 Å². The highest BCUT2D eigenvalue weighted by Crippen LogP contribution is 2.24. The third-order valence-corrected chi connectivity index (χ3v) is 3.77. The number of nitrogens with one attached hydrogen (secondary N) is 1. The molecule has 1 aromatic carbocycles. The molecule has 1 heterocycles. The summed E-state index contributed by atoms with van der Waals surface area (Å²) in [6.45, 7) is 6.38. The molecule has 1 fully saturated rings. The molecule has 0 aliphatic carbocycles. The molecule has 24 heavy (non-hydrogen) atoms. The Morgan fingerprint density at radius 2 is 2.04 bits per heavy atom. The lowest BCUT2D eigenvalue weighted by Gasteiger charge is -2.26. The highest BCUT2D eigenvalue weighted by atomic mass is 35.5. The van der Waals surface area contributed by atoms with Gasteiger partial charge >= 0.3 is 0 Å². The van der Waals surface area contributed by atoms with Crippen LogP contribution in [0.5, 0.6) is 5.75 Å². The molecular weight excluding hydrogens is 332 g/mol. The number of rotatable bonds is 6. The van der Waals surface area contributed by atoms with Crippen LogP contribution in [0.2, 0.25) is 5.02 Å². The van der Waals surface area contributed by atoms with E-state index in [4.69, 9.17) is 21.1 Å². The number of benzene rings is 1. The molecule has 0 saturated carbocycles. The molecule has 2 amide bonds. The second kappa shape index (κ2) is 8.89. The van der Waals surface area contributed by atoms with Crippen LogP contribution in [0.1, 0.15) is 30.6 Å². The molecule has 1 aliphatic heterocycles. The first kappa shape index (κ1) is 18.5. The molecule has 1 N–H and O–H groups in total. The molecule has 6 nitrogen and oxygen atoms in total. The van der Waals surface area contributed by atoms with Crippen molar-refractivity contribution in [3.63, 3.8) is 0 Å². The Bertz CT molecular complexity index is 586. The van der Waals surface area contributed by atoms with Crippen molar-refractivity contribution in [3.05, 3.63) is 28.8 Å². The number of ether oxygens (including phenoxy) is 2. The zero-order chi connectivity index (χ0) is 17.5. The number of hydrogen-bond acceptors (Lipinski definition) is 4. The average molecular weight is 355 g/mol. The van der Waals surface area contributed by atoms with E-state index in [9.17, 15) is 9.59 Å². The maximum atomic E-state index is 12.4. The molecular formula is C17H23ClN2O4. The van der Waals surface area contributed by atoms with Gasteiger partial charge < -0.3 is 19.7 Å². The normalized spacial score (nSPS) is 14.6. The molecule has 1 aromatic rings. The number of halogens is 1. The van der Waals surface area contributed by atoms with Crippen molar-refractivity contribution in [3.8, 4) is 5.75 Å². The largest absolute Gasteiger partial charge is 0.490 e. The Kier molecular flexibility index (Phi) is 6.87. The van der Waals surface area contributed by atoms with Gasteiger partial charge in [-0.05, 0) is 32.0 Å². The minimum atomic E-state index is -0.303. The van der Waals surface area contributed by atoms with E-state index in [0.29, 0.717) is 42.6 Å². The third kappa shape index (κ3) is 5.39. The van der Waals surface area contributed by atoms with Gasteiger partial charge in [-0.25, -0.2) is 0 Å². The predicted octanol–water partition coefficient (Wildman–Crippen LogP) is 2.11. The van der Waals surface area contributed by atoms with Gasteiger partial charge in [0.15, 0.2) is 0 Å². The van der Waals surface area contributed by atoms with E-state index in [1.54, 1.807) is 23.1 Å². The van der Waals surface area contributed by atoms with Crippen molar-refractivity contribution >= 4 is 23.4 Å². The molecule has 1 aliphatic rings. The third-order valence-electron chi connectivity index (χ3n) is 3.54. The standard InChI is InChI=1S/C17H23ClN2O4/c1-12(2)24-15-4-3-13(18)11-14(15)17(22)19-6-5-16(21)20-7-9-23-10-8-20/h3-4,11-12H,5-10H2,1-2H3,(H,19,22). The Morgan fingerprint density at radius 3 is 2.71 bits per heavy atom. The molecule has 1 saturated heterocycles. The molecule has 0 spiro atoms. The van der Waals surface area contributed by atoms with E-state index in [1.807, 2.05) is 13.8 Å². The van der Waals surface area contributed by atoms with Crippen molar-refractivity contribution < 1.29 is 19.1 Å². The van der Waals surface area contributed by atoms with Gasteiger partial charge in [0.1, 0.15) is 5.75 Å². The highest BCUT2D eigenvalue weighted by Gasteiger charge is 2.18. The monoisotopic (exact) mass is 354 g/mol. The molecule has 0 radical (unpaired) electrons. The smallest absolute Gasteiger partial charge is 0.255 e. The summed E-state index contributed by atoms with van der Waals surface area (Å²) in [6.07, 6.45) is 0.202. The lowest BCUT2D eigenvalue weighted by Crippen LogP contribution is -2.42. The van der Waals surface area contributed by atoms with Gasteiger partial charge in [0.05, 0.1) is 24.9 Å². The molecule has 0 bridgehead atoms. The molecule has 0 aromatic heterocycles. The van der Waals surface area contributed by atoms with Gasteiger partial charge in [0.25, 0.3) is 5.91 Å². The van der Waals surface area contributed by atoms with Gasteiger partial charge in [0, 0.05) is 31.1 Å². The van der Waals surface area contributed by atoms with E-state index >= 15 is 0 Å². The Morgan fingerprint density at radius 1 is 1.33 bits per heavy atom. The van der Waals surface area contributed by atoms with Crippen molar-refractivity contribution in [1.29, 1.82) is 0 Å². The van der Waals surface area contributed by atoms with Crippen LogP contribution in [-0.2, 0) is 9.53 Å². The van der Waals surface area contributed by atoms with Crippen LogP contribution >= 0.6 is 11.6 Å². The summed E-state index contributed by atoms with van der Waals surface area (Å²) in [6, 6.07) is 4.92.